The molecule has 0 atom stereocenters. The minimum Gasteiger partial charge on any atom is -0.457 e. The van der Waals surface area contributed by atoms with Crippen LogP contribution in [-0.2, 0) is 9.53 Å². The van der Waals surface area contributed by atoms with Crippen molar-refractivity contribution in [3.05, 3.63) is 11.6 Å². The maximum absolute atomic E-state index is 11.3. The maximum atomic E-state index is 11.3. The Morgan fingerprint density at radius 2 is 2.00 bits per heavy atom. The molecular weight excluding hydrogens is 166 g/mol. The van der Waals surface area contributed by atoms with E-state index in [2.05, 4.69) is 0 Å². The minimum absolute atomic E-state index is 0.263. The molecule has 0 radical (unpaired) electrons. The van der Waals surface area contributed by atoms with E-state index in [-0.39, 0.29) is 5.97 Å². The molecule has 0 fully saturated rings. The fourth-order valence-electron chi connectivity index (χ4n) is 0.742. The van der Waals surface area contributed by atoms with Crippen LogP contribution < -0.4 is 5.73 Å². The van der Waals surface area contributed by atoms with E-state index in [0.717, 1.165) is 0 Å². The Balaban J connectivity index is 4.12. The van der Waals surface area contributed by atoms with Gasteiger partial charge in [0.25, 0.3) is 0 Å². The van der Waals surface area contributed by atoms with Gasteiger partial charge in [-0.05, 0) is 40.7 Å². The highest BCUT2D eigenvalue weighted by Crippen LogP contribution is 2.10. The van der Waals surface area contributed by atoms with E-state index in [9.17, 15) is 4.79 Å². The lowest BCUT2D eigenvalue weighted by molar-refractivity contribution is -0.149. The second-order valence-electron chi connectivity index (χ2n) is 3.97. The number of esters is 1. The number of hydrogen-bond acceptors (Lipinski definition) is 3. The highest BCUT2D eigenvalue weighted by molar-refractivity contribution is 5.87. The van der Waals surface area contributed by atoms with E-state index in [1.165, 1.54) is 0 Å². The van der Waals surface area contributed by atoms with Crippen molar-refractivity contribution in [1.82, 2.24) is 0 Å². The van der Waals surface area contributed by atoms with Gasteiger partial charge in [-0.1, -0.05) is 6.08 Å². The molecule has 0 aliphatic carbocycles. The van der Waals surface area contributed by atoms with E-state index in [4.69, 9.17) is 10.5 Å². The lowest BCUT2D eigenvalue weighted by atomic mass is 10.2. The topological polar surface area (TPSA) is 52.3 Å². The van der Waals surface area contributed by atoms with E-state index in [1.807, 2.05) is 20.8 Å². The van der Waals surface area contributed by atoms with Gasteiger partial charge in [-0.15, -0.1) is 0 Å². The molecule has 0 aliphatic rings. The molecule has 0 aromatic heterocycles. The maximum Gasteiger partial charge on any atom is 0.333 e. The SMILES string of the molecule is CC(=CCCN)C(=O)OC(C)(C)C. The summed E-state index contributed by atoms with van der Waals surface area (Å²) in [4.78, 5) is 11.3. The van der Waals surface area contributed by atoms with Crippen molar-refractivity contribution in [1.29, 1.82) is 0 Å². The van der Waals surface area contributed by atoms with Crippen molar-refractivity contribution >= 4 is 5.97 Å². The van der Waals surface area contributed by atoms with Crippen LogP contribution in [0.5, 0.6) is 0 Å². The molecule has 2 N–H and O–H groups in total. The van der Waals surface area contributed by atoms with Gasteiger partial charge in [0, 0.05) is 5.57 Å². The number of carbonyl (C=O) groups is 1. The van der Waals surface area contributed by atoms with E-state index >= 15 is 0 Å². The first-order chi connectivity index (χ1) is 5.87. The highest BCUT2D eigenvalue weighted by atomic mass is 16.6. The summed E-state index contributed by atoms with van der Waals surface area (Å²) >= 11 is 0. The van der Waals surface area contributed by atoms with Gasteiger partial charge in [-0.25, -0.2) is 4.79 Å². The lowest BCUT2D eigenvalue weighted by Gasteiger charge is -2.19. The molecule has 0 rings (SSSR count). The summed E-state index contributed by atoms with van der Waals surface area (Å²) in [5, 5.41) is 0. The van der Waals surface area contributed by atoms with Crippen LogP contribution in [0, 0.1) is 0 Å². The number of hydrogen-bond donors (Lipinski definition) is 1. The Bertz CT molecular complexity index is 201. The van der Waals surface area contributed by atoms with Crippen molar-refractivity contribution < 1.29 is 9.53 Å². The second kappa shape index (κ2) is 5.02. The zero-order chi connectivity index (χ0) is 10.5. The Labute approximate surface area is 79.9 Å². The van der Waals surface area contributed by atoms with Crippen molar-refractivity contribution in [3.63, 3.8) is 0 Å². The third-order valence-electron chi connectivity index (χ3n) is 1.34. The van der Waals surface area contributed by atoms with Crippen LogP contribution >= 0.6 is 0 Å². The molecule has 0 aromatic rings. The monoisotopic (exact) mass is 185 g/mol. The standard InChI is InChI=1S/C10H19NO2/c1-8(6-5-7-11)9(12)13-10(2,3)4/h6H,5,7,11H2,1-4H3. The molecule has 0 saturated heterocycles. The molecule has 0 aliphatic heterocycles. The molecular formula is C10H19NO2. The zero-order valence-corrected chi connectivity index (χ0v) is 8.89. The first-order valence-corrected chi connectivity index (χ1v) is 4.47. The van der Waals surface area contributed by atoms with E-state index in [0.29, 0.717) is 18.5 Å². The van der Waals surface area contributed by atoms with Crippen LogP contribution in [0.2, 0.25) is 0 Å². The van der Waals surface area contributed by atoms with Crippen LogP contribution in [0.4, 0.5) is 0 Å². The molecule has 3 nitrogen and oxygen atoms in total. The summed E-state index contributed by atoms with van der Waals surface area (Å²) in [6, 6.07) is 0. The zero-order valence-electron chi connectivity index (χ0n) is 8.89. The first-order valence-electron chi connectivity index (χ1n) is 4.47. The second-order valence-corrected chi connectivity index (χ2v) is 3.97. The van der Waals surface area contributed by atoms with Crippen LogP contribution in [0.25, 0.3) is 0 Å². The minimum atomic E-state index is -0.422. The Hall–Kier alpha value is -0.830. The molecule has 13 heavy (non-hydrogen) atoms. The van der Waals surface area contributed by atoms with Gasteiger partial charge >= 0.3 is 5.97 Å². The van der Waals surface area contributed by atoms with Crippen LogP contribution in [-0.4, -0.2) is 18.1 Å². The number of ether oxygens (including phenoxy) is 1. The third kappa shape index (κ3) is 6.34. The van der Waals surface area contributed by atoms with E-state index < -0.39 is 5.60 Å². The average molecular weight is 185 g/mol. The summed E-state index contributed by atoms with van der Waals surface area (Å²) in [5.41, 5.74) is 5.51. The molecule has 0 heterocycles. The van der Waals surface area contributed by atoms with Gasteiger partial charge in [-0.3, -0.25) is 0 Å². The van der Waals surface area contributed by atoms with Gasteiger partial charge in [0.2, 0.25) is 0 Å². The number of carbonyl (C=O) groups excluding carboxylic acids is 1. The normalized spacial score (nSPS) is 12.8. The van der Waals surface area contributed by atoms with E-state index in [1.54, 1.807) is 13.0 Å². The smallest absolute Gasteiger partial charge is 0.333 e. The summed E-state index contributed by atoms with van der Waals surface area (Å²) in [5.74, 6) is -0.263. The fraction of sp³-hybridized carbons (Fsp3) is 0.700. The predicted molar refractivity (Wildman–Crippen MR) is 53.3 cm³/mol. The summed E-state index contributed by atoms with van der Waals surface area (Å²) < 4.78 is 5.15. The largest absolute Gasteiger partial charge is 0.457 e. The fourth-order valence-corrected chi connectivity index (χ4v) is 0.742. The molecule has 0 bridgehead atoms. The molecule has 3 heteroatoms. The molecule has 0 aromatic carbocycles. The van der Waals surface area contributed by atoms with Gasteiger partial charge in [-0.2, -0.15) is 0 Å². The third-order valence-corrected chi connectivity index (χ3v) is 1.34. The van der Waals surface area contributed by atoms with Crippen LogP contribution in [0.3, 0.4) is 0 Å². The molecule has 0 amide bonds. The quantitative estimate of drug-likeness (QED) is 0.537. The Kier molecular flexibility index (Phi) is 4.70. The lowest BCUT2D eigenvalue weighted by Crippen LogP contribution is -2.24. The molecule has 0 unspecified atom stereocenters. The van der Waals surface area contributed by atoms with Gasteiger partial charge in [0.1, 0.15) is 5.60 Å². The van der Waals surface area contributed by atoms with Crippen molar-refractivity contribution in [2.24, 2.45) is 5.73 Å². The highest BCUT2D eigenvalue weighted by Gasteiger charge is 2.16. The molecule has 0 spiro atoms. The van der Waals surface area contributed by atoms with Crippen LogP contribution in [0.1, 0.15) is 34.1 Å². The Morgan fingerprint density at radius 3 is 2.38 bits per heavy atom. The van der Waals surface area contributed by atoms with Crippen LogP contribution in [0.15, 0.2) is 11.6 Å². The average Bonchev–Trinajstić information content (AvgIpc) is 1.96. The van der Waals surface area contributed by atoms with Gasteiger partial charge < -0.3 is 10.5 Å². The van der Waals surface area contributed by atoms with Crippen molar-refractivity contribution in [2.45, 2.75) is 39.7 Å². The Morgan fingerprint density at radius 1 is 1.46 bits per heavy atom. The number of rotatable bonds is 3. The van der Waals surface area contributed by atoms with Gasteiger partial charge in [0.15, 0.2) is 0 Å². The summed E-state index contributed by atoms with van der Waals surface area (Å²) in [6.45, 7) is 7.84. The summed E-state index contributed by atoms with van der Waals surface area (Å²) in [6.07, 6.45) is 2.51. The predicted octanol–water partition coefficient (Wildman–Crippen LogP) is 1.62. The summed E-state index contributed by atoms with van der Waals surface area (Å²) in [7, 11) is 0. The molecule has 76 valence electrons. The van der Waals surface area contributed by atoms with Crippen molar-refractivity contribution in [2.75, 3.05) is 6.54 Å². The van der Waals surface area contributed by atoms with Gasteiger partial charge in [0.05, 0.1) is 0 Å². The first kappa shape index (κ1) is 12.2. The van der Waals surface area contributed by atoms with Crippen molar-refractivity contribution in [3.8, 4) is 0 Å². The molecule has 0 saturated carbocycles. The number of nitrogens with two attached hydrogens (primary N) is 1.